The van der Waals surface area contributed by atoms with E-state index in [9.17, 15) is 18.0 Å². The predicted octanol–water partition coefficient (Wildman–Crippen LogP) is 5.90. The third kappa shape index (κ3) is 3.96. The summed E-state index contributed by atoms with van der Waals surface area (Å²) in [4.78, 5) is 17.8. The molecule has 32 heavy (non-hydrogen) atoms. The first-order valence-electron chi connectivity index (χ1n) is 9.10. The van der Waals surface area contributed by atoms with Gasteiger partial charge in [-0.15, -0.1) is 22.7 Å². The Kier molecular flexibility index (Phi) is 5.70. The molecule has 0 aliphatic carbocycles. The number of ether oxygens (including phenoxy) is 2. The Balaban J connectivity index is 1.80. The molecule has 6 nitrogen and oxygen atoms in total. The van der Waals surface area contributed by atoms with Gasteiger partial charge in [-0.25, -0.2) is 4.98 Å². The van der Waals surface area contributed by atoms with E-state index in [1.54, 1.807) is 35.7 Å². The van der Waals surface area contributed by atoms with Crippen LogP contribution in [-0.2, 0) is 6.18 Å². The zero-order valence-electron chi connectivity index (χ0n) is 16.7. The van der Waals surface area contributed by atoms with Crippen LogP contribution in [0.4, 0.5) is 24.5 Å². The third-order valence-corrected chi connectivity index (χ3v) is 6.63. The van der Waals surface area contributed by atoms with Gasteiger partial charge in [0, 0.05) is 11.5 Å². The number of anilines is 2. The molecule has 3 heterocycles. The highest BCUT2D eigenvalue weighted by Gasteiger charge is 2.36. The molecule has 4 aromatic rings. The van der Waals surface area contributed by atoms with Crippen LogP contribution >= 0.6 is 22.7 Å². The first-order chi connectivity index (χ1) is 15.2. The maximum absolute atomic E-state index is 13.8. The van der Waals surface area contributed by atoms with Crippen LogP contribution in [0.3, 0.4) is 0 Å². The number of nitrogen functional groups attached to an aromatic ring is 1. The number of pyridine rings is 1. The number of alkyl halides is 3. The van der Waals surface area contributed by atoms with Gasteiger partial charge in [0.1, 0.15) is 21.2 Å². The van der Waals surface area contributed by atoms with Crippen molar-refractivity contribution in [2.24, 2.45) is 0 Å². The molecule has 3 N–H and O–H groups in total. The SMILES string of the molecule is COc1ccc(NC(=O)c2sc3nc(-c4cccs4)cc(C(F)(F)F)c3c2N)c(OC)c1. The number of fused-ring (bicyclic) bond motifs is 1. The largest absolute Gasteiger partial charge is 0.497 e. The Morgan fingerprint density at radius 1 is 1.16 bits per heavy atom. The van der Waals surface area contributed by atoms with Crippen molar-refractivity contribution in [2.45, 2.75) is 6.18 Å². The lowest BCUT2D eigenvalue weighted by atomic mass is 10.1. The molecule has 0 bridgehead atoms. The number of nitrogens with one attached hydrogen (secondary N) is 1. The summed E-state index contributed by atoms with van der Waals surface area (Å²) in [6, 6.07) is 9.12. The summed E-state index contributed by atoms with van der Waals surface area (Å²) in [5.74, 6) is 0.174. The number of carbonyl (C=O) groups excluding carboxylic acids is 1. The number of carbonyl (C=O) groups is 1. The fourth-order valence-corrected chi connectivity index (χ4v) is 4.85. The van der Waals surface area contributed by atoms with Gasteiger partial charge in [-0.05, 0) is 29.6 Å². The third-order valence-electron chi connectivity index (χ3n) is 4.64. The van der Waals surface area contributed by atoms with Gasteiger partial charge < -0.3 is 20.5 Å². The monoisotopic (exact) mass is 479 g/mol. The quantitative estimate of drug-likeness (QED) is 0.372. The normalized spacial score (nSPS) is 11.5. The van der Waals surface area contributed by atoms with Crippen molar-refractivity contribution in [3.63, 3.8) is 0 Å². The van der Waals surface area contributed by atoms with Crippen molar-refractivity contribution < 1.29 is 27.4 Å². The first kappa shape index (κ1) is 21.9. The molecule has 1 aromatic carbocycles. The van der Waals surface area contributed by atoms with Gasteiger partial charge in [-0.3, -0.25) is 4.79 Å². The molecule has 4 rings (SSSR count). The van der Waals surface area contributed by atoms with Crippen LogP contribution < -0.4 is 20.5 Å². The summed E-state index contributed by atoms with van der Waals surface area (Å²) in [5.41, 5.74) is 5.33. The number of rotatable bonds is 5. The molecular formula is C21H16F3N3O3S2. The lowest BCUT2D eigenvalue weighted by Gasteiger charge is -2.12. The molecular weight excluding hydrogens is 463 g/mol. The molecule has 0 aliphatic rings. The average Bonchev–Trinajstić information content (AvgIpc) is 3.41. The average molecular weight is 480 g/mol. The number of aromatic nitrogens is 1. The van der Waals surface area contributed by atoms with E-state index >= 15 is 0 Å². The van der Waals surface area contributed by atoms with Gasteiger partial charge >= 0.3 is 6.18 Å². The summed E-state index contributed by atoms with van der Waals surface area (Å²) in [7, 11) is 2.91. The van der Waals surface area contributed by atoms with E-state index in [1.807, 2.05) is 0 Å². The van der Waals surface area contributed by atoms with Crippen LogP contribution in [0.15, 0.2) is 41.8 Å². The maximum Gasteiger partial charge on any atom is 0.417 e. The van der Waals surface area contributed by atoms with Crippen molar-refractivity contribution >= 4 is 50.2 Å². The Labute approximate surface area is 188 Å². The van der Waals surface area contributed by atoms with Gasteiger partial charge in [0.05, 0.1) is 41.7 Å². The predicted molar refractivity (Wildman–Crippen MR) is 120 cm³/mol. The zero-order valence-corrected chi connectivity index (χ0v) is 18.4. The van der Waals surface area contributed by atoms with Crippen LogP contribution in [0.2, 0.25) is 0 Å². The second kappa shape index (κ2) is 8.32. The molecule has 0 fully saturated rings. The number of methoxy groups -OCH3 is 2. The summed E-state index contributed by atoms with van der Waals surface area (Å²) in [6.45, 7) is 0. The van der Waals surface area contributed by atoms with E-state index in [1.165, 1.54) is 25.6 Å². The van der Waals surface area contributed by atoms with Gasteiger partial charge in [0.25, 0.3) is 5.91 Å². The number of thiophene rings is 2. The highest BCUT2D eigenvalue weighted by Crippen LogP contribution is 2.44. The number of nitrogens with two attached hydrogens (primary N) is 1. The number of hydrogen-bond donors (Lipinski definition) is 2. The standard InChI is InChI=1S/C21H16F3N3O3S2/c1-29-10-5-6-12(14(8-10)30-2)26-19(28)18-17(25)16-11(21(22,23)24)9-13(27-20(16)32-18)15-4-3-7-31-15/h3-9H,25H2,1-2H3,(H,26,28). The van der Waals surface area contributed by atoms with E-state index < -0.39 is 17.6 Å². The topological polar surface area (TPSA) is 86.5 Å². The van der Waals surface area contributed by atoms with E-state index in [0.29, 0.717) is 22.1 Å². The van der Waals surface area contributed by atoms with E-state index in [0.717, 1.165) is 17.4 Å². The van der Waals surface area contributed by atoms with Crippen molar-refractivity contribution in [3.8, 4) is 22.1 Å². The Morgan fingerprint density at radius 2 is 1.94 bits per heavy atom. The second-order valence-corrected chi connectivity index (χ2v) is 8.52. The van der Waals surface area contributed by atoms with Crippen LogP contribution in [-0.4, -0.2) is 25.1 Å². The van der Waals surface area contributed by atoms with Crippen molar-refractivity contribution in [3.05, 3.63) is 52.2 Å². The molecule has 0 radical (unpaired) electrons. The highest BCUT2D eigenvalue weighted by molar-refractivity contribution is 7.21. The summed E-state index contributed by atoms with van der Waals surface area (Å²) < 4.78 is 51.9. The number of amides is 1. The van der Waals surface area contributed by atoms with Gasteiger partial charge in [0.15, 0.2) is 0 Å². The summed E-state index contributed by atoms with van der Waals surface area (Å²) in [5, 5.41) is 4.10. The minimum atomic E-state index is -4.67. The lowest BCUT2D eigenvalue weighted by Crippen LogP contribution is -2.13. The first-order valence-corrected chi connectivity index (χ1v) is 10.8. The van der Waals surface area contributed by atoms with Crippen LogP contribution in [0.5, 0.6) is 11.5 Å². The molecule has 11 heteroatoms. The van der Waals surface area contributed by atoms with E-state index in [2.05, 4.69) is 10.3 Å². The van der Waals surface area contributed by atoms with Crippen molar-refractivity contribution in [1.29, 1.82) is 0 Å². The fraction of sp³-hybridized carbons (Fsp3) is 0.143. The van der Waals surface area contributed by atoms with Gasteiger partial charge in [-0.1, -0.05) is 6.07 Å². The lowest BCUT2D eigenvalue weighted by molar-refractivity contribution is -0.136. The number of halogens is 3. The minimum Gasteiger partial charge on any atom is -0.497 e. The van der Waals surface area contributed by atoms with E-state index in [-0.39, 0.29) is 26.5 Å². The molecule has 0 aliphatic heterocycles. The molecule has 1 amide bonds. The smallest absolute Gasteiger partial charge is 0.417 e. The van der Waals surface area contributed by atoms with Crippen LogP contribution in [0, 0.1) is 0 Å². The molecule has 166 valence electrons. The maximum atomic E-state index is 13.8. The Hall–Kier alpha value is -3.31. The molecule has 3 aromatic heterocycles. The van der Waals surface area contributed by atoms with Crippen molar-refractivity contribution in [2.75, 3.05) is 25.3 Å². The number of benzene rings is 1. The number of hydrogen-bond acceptors (Lipinski definition) is 7. The second-order valence-electron chi connectivity index (χ2n) is 6.58. The van der Waals surface area contributed by atoms with Crippen molar-refractivity contribution in [1.82, 2.24) is 4.98 Å². The Morgan fingerprint density at radius 3 is 2.56 bits per heavy atom. The Bertz CT molecular complexity index is 1300. The molecule has 0 spiro atoms. The zero-order chi connectivity index (χ0) is 23.0. The summed E-state index contributed by atoms with van der Waals surface area (Å²) in [6.07, 6.45) is -4.67. The van der Waals surface area contributed by atoms with Gasteiger partial charge in [-0.2, -0.15) is 13.2 Å². The minimum absolute atomic E-state index is 0.0348. The fourth-order valence-electron chi connectivity index (χ4n) is 3.14. The van der Waals surface area contributed by atoms with Crippen LogP contribution in [0.25, 0.3) is 20.8 Å². The molecule has 0 atom stereocenters. The van der Waals surface area contributed by atoms with Gasteiger partial charge in [0.2, 0.25) is 0 Å². The van der Waals surface area contributed by atoms with Crippen LogP contribution in [0.1, 0.15) is 15.2 Å². The molecule has 0 saturated heterocycles. The van der Waals surface area contributed by atoms with E-state index in [4.69, 9.17) is 15.2 Å². The molecule has 0 unspecified atom stereocenters. The summed E-state index contributed by atoms with van der Waals surface area (Å²) >= 11 is 2.08. The number of nitrogens with zero attached hydrogens (tertiary/aromatic N) is 1. The highest BCUT2D eigenvalue weighted by atomic mass is 32.1. The molecule has 0 saturated carbocycles.